The molecule has 0 spiro atoms. The van der Waals surface area contributed by atoms with Crippen LogP contribution in [0, 0.1) is 0 Å². The van der Waals surface area contributed by atoms with Gasteiger partial charge in [-0.3, -0.25) is 14.4 Å². The normalized spacial score (nSPS) is 12.6. The molecule has 112 valence electrons. The molecule has 1 aliphatic rings. The number of carbonyl (C=O) groups excluding carboxylic acids is 2. The van der Waals surface area contributed by atoms with E-state index in [0.717, 1.165) is 0 Å². The number of esters is 1. The number of amides is 1. The van der Waals surface area contributed by atoms with E-state index >= 15 is 0 Å². The molecule has 0 saturated carbocycles. The molecule has 0 aromatic carbocycles. The molecule has 0 atom stereocenters. The van der Waals surface area contributed by atoms with E-state index in [-0.39, 0.29) is 17.9 Å². The SMILES string of the molecule is C=CCOC(=O)CNC(=O)c1c(O)c2c([nH]c1=O)CSC2. The maximum Gasteiger partial charge on any atom is 0.325 e. The maximum absolute atomic E-state index is 11.9. The minimum absolute atomic E-state index is 0.0383. The van der Waals surface area contributed by atoms with Gasteiger partial charge in [0.1, 0.15) is 24.5 Å². The van der Waals surface area contributed by atoms with E-state index in [1.54, 1.807) is 0 Å². The number of nitrogens with one attached hydrogen (secondary N) is 2. The van der Waals surface area contributed by atoms with Gasteiger partial charge in [-0.15, -0.1) is 0 Å². The monoisotopic (exact) mass is 310 g/mol. The lowest BCUT2D eigenvalue weighted by Crippen LogP contribution is -2.34. The Morgan fingerprint density at radius 2 is 2.24 bits per heavy atom. The average molecular weight is 310 g/mol. The Balaban J connectivity index is 2.11. The van der Waals surface area contributed by atoms with E-state index < -0.39 is 24.0 Å². The van der Waals surface area contributed by atoms with E-state index in [2.05, 4.69) is 21.6 Å². The molecular formula is C13H14N2O5S. The van der Waals surface area contributed by atoms with Crippen molar-refractivity contribution >= 4 is 23.6 Å². The molecule has 2 heterocycles. The van der Waals surface area contributed by atoms with Crippen molar-refractivity contribution in [3.8, 4) is 5.75 Å². The number of rotatable bonds is 5. The van der Waals surface area contributed by atoms with E-state index in [1.165, 1.54) is 17.8 Å². The summed E-state index contributed by atoms with van der Waals surface area (Å²) in [5.41, 5.74) is 0.127. The molecule has 0 aliphatic carbocycles. The Morgan fingerprint density at radius 3 is 2.95 bits per heavy atom. The molecule has 0 fully saturated rings. The number of carbonyl (C=O) groups is 2. The second-order valence-electron chi connectivity index (χ2n) is 4.28. The number of H-pyrrole nitrogens is 1. The zero-order valence-corrected chi connectivity index (χ0v) is 11.9. The van der Waals surface area contributed by atoms with Crippen LogP contribution in [0.5, 0.6) is 5.75 Å². The minimum Gasteiger partial charge on any atom is -0.507 e. The number of hydrogen-bond donors (Lipinski definition) is 3. The molecule has 0 radical (unpaired) electrons. The highest BCUT2D eigenvalue weighted by atomic mass is 32.2. The van der Waals surface area contributed by atoms with E-state index in [4.69, 9.17) is 0 Å². The van der Waals surface area contributed by atoms with Crippen molar-refractivity contribution in [2.45, 2.75) is 11.5 Å². The molecule has 0 saturated heterocycles. The summed E-state index contributed by atoms with van der Waals surface area (Å²) in [6.07, 6.45) is 1.40. The standard InChI is InChI=1S/C13H14N2O5S/c1-2-3-20-9(16)4-14-12(18)10-11(17)7-5-21-6-8(7)15-13(10)19/h2H,1,3-6H2,(H,14,18)(H2,15,17,19). The maximum atomic E-state index is 11.9. The number of hydrogen-bond acceptors (Lipinski definition) is 6. The molecule has 0 unspecified atom stereocenters. The zero-order chi connectivity index (χ0) is 15.4. The van der Waals surface area contributed by atoms with Gasteiger partial charge in [0.05, 0.1) is 0 Å². The first-order valence-electron chi connectivity index (χ1n) is 6.14. The van der Waals surface area contributed by atoms with Crippen LogP contribution in [0.4, 0.5) is 0 Å². The lowest BCUT2D eigenvalue weighted by Gasteiger charge is -2.08. The summed E-state index contributed by atoms with van der Waals surface area (Å²) < 4.78 is 4.69. The summed E-state index contributed by atoms with van der Waals surface area (Å²) in [5.74, 6) is -0.677. The first-order chi connectivity index (χ1) is 10.0. The number of fused-ring (bicyclic) bond motifs is 1. The minimum atomic E-state index is -0.816. The zero-order valence-electron chi connectivity index (χ0n) is 11.1. The summed E-state index contributed by atoms with van der Waals surface area (Å²) >= 11 is 1.53. The molecule has 1 aliphatic heterocycles. The van der Waals surface area contributed by atoms with Crippen molar-refractivity contribution in [3.05, 3.63) is 39.8 Å². The van der Waals surface area contributed by atoms with Gasteiger partial charge in [-0.2, -0.15) is 11.8 Å². The highest BCUT2D eigenvalue weighted by Crippen LogP contribution is 2.34. The van der Waals surface area contributed by atoms with Crippen LogP contribution >= 0.6 is 11.8 Å². The van der Waals surface area contributed by atoms with Gasteiger partial charge >= 0.3 is 5.97 Å². The highest BCUT2D eigenvalue weighted by molar-refractivity contribution is 7.98. The van der Waals surface area contributed by atoms with Crippen LogP contribution in [0.3, 0.4) is 0 Å². The number of ether oxygens (including phenoxy) is 1. The fourth-order valence-electron chi connectivity index (χ4n) is 1.86. The van der Waals surface area contributed by atoms with Crippen LogP contribution < -0.4 is 10.9 Å². The van der Waals surface area contributed by atoms with Crippen LogP contribution in [-0.2, 0) is 21.0 Å². The topological polar surface area (TPSA) is 108 Å². The average Bonchev–Trinajstić information content (AvgIpc) is 2.91. The fraction of sp³-hybridized carbons (Fsp3) is 0.308. The van der Waals surface area contributed by atoms with Crippen molar-refractivity contribution in [1.82, 2.24) is 10.3 Å². The summed E-state index contributed by atoms with van der Waals surface area (Å²) in [5, 5.41) is 12.3. The molecule has 1 aromatic heterocycles. The van der Waals surface area contributed by atoms with Crippen LogP contribution in [0.2, 0.25) is 0 Å². The van der Waals surface area contributed by atoms with Crippen molar-refractivity contribution < 1.29 is 19.4 Å². The fourth-order valence-corrected chi connectivity index (χ4v) is 2.93. The highest BCUT2D eigenvalue weighted by Gasteiger charge is 2.25. The molecule has 3 N–H and O–H groups in total. The largest absolute Gasteiger partial charge is 0.507 e. The summed E-state index contributed by atoms with van der Waals surface area (Å²) in [6.45, 7) is 3.03. The Kier molecular flexibility index (Phi) is 4.69. The summed E-state index contributed by atoms with van der Waals surface area (Å²) in [4.78, 5) is 37.6. The molecule has 0 bridgehead atoms. The van der Waals surface area contributed by atoms with E-state index in [1.807, 2.05) is 0 Å². The van der Waals surface area contributed by atoms with Gasteiger partial charge in [0.15, 0.2) is 0 Å². The van der Waals surface area contributed by atoms with Gasteiger partial charge in [-0.1, -0.05) is 12.7 Å². The molecule has 2 rings (SSSR count). The summed E-state index contributed by atoms with van der Waals surface area (Å²) in [7, 11) is 0. The lowest BCUT2D eigenvalue weighted by atomic mass is 10.1. The van der Waals surface area contributed by atoms with Crippen LogP contribution in [0.1, 0.15) is 21.6 Å². The molecular weight excluding hydrogens is 296 g/mol. The quantitative estimate of drug-likeness (QED) is 0.533. The van der Waals surface area contributed by atoms with Crippen LogP contribution in [0.15, 0.2) is 17.4 Å². The molecule has 21 heavy (non-hydrogen) atoms. The number of thioether (sulfide) groups is 1. The van der Waals surface area contributed by atoms with Gasteiger partial charge in [-0.05, 0) is 0 Å². The third kappa shape index (κ3) is 3.27. The Morgan fingerprint density at radius 1 is 1.48 bits per heavy atom. The van der Waals surface area contributed by atoms with E-state index in [9.17, 15) is 19.5 Å². The van der Waals surface area contributed by atoms with Gasteiger partial charge in [-0.25, -0.2) is 0 Å². The molecule has 1 aromatic rings. The van der Waals surface area contributed by atoms with Gasteiger partial charge in [0.25, 0.3) is 11.5 Å². The van der Waals surface area contributed by atoms with Gasteiger partial charge in [0, 0.05) is 22.8 Å². The first kappa shape index (κ1) is 15.2. The third-order valence-electron chi connectivity index (χ3n) is 2.85. The smallest absolute Gasteiger partial charge is 0.325 e. The van der Waals surface area contributed by atoms with Crippen molar-refractivity contribution in [1.29, 1.82) is 0 Å². The summed E-state index contributed by atoms with van der Waals surface area (Å²) in [6, 6.07) is 0. The second kappa shape index (κ2) is 6.49. The van der Waals surface area contributed by atoms with Crippen LogP contribution in [0.25, 0.3) is 0 Å². The molecule has 1 amide bonds. The lowest BCUT2D eigenvalue weighted by molar-refractivity contribution is -0.141. The van der Waals surface area contributed by atoms with E-state index in [0.29, 0.717) is 22.8 Å². The number of aromatic hydroxyl groups is 1. The number of pyridine rings is 1. The third-order valence-corrected chi connectivity index (χ3v) is 3.84. The first-order valence-corrected chi connectivity index (χ1v) is 7.29. The van der Waals surface area contributed by atoms with Gasteiger partial charge in [0.2, 0.25) is 0 Å². The van der Waals surface area contributed by atoms with Crippen molar-refractivity contribution in [2.75, 3.05) is 13.2 Å². The molecule has 7 nitrogen and oxygen atoms in total. The second-order valence-corrected chi connectivity index (χ2v) is 5.27. The van der Waals surface area contributed by atoms with Crippen molar-refractivity contribution in [2.24, 2.45) is 0 Å². The van der Waals surface area contributed by atoms with Crippen LogP contribution in [-0.4, -0.2) is 35.1 Å². The number of aromatic nitrogens is 1. The Labute approximate surface area is 124 Å². The molecule has 8 heteroatoms. The number of aromatic amines is 1. The Hall–Kier alpha value is -2.22. The predicted octanol–water partition coefficient (Wildman–Crippen LogP) is 0.286. The predicted molar refractivity (Wildman–Crippen MR) is 77.2 cm³/mol. The van der Waals surface area contributed by atoms with Crippen molar-refractivity contribution in [3.63, 3.8) is 0 Å². The van der Waals surface area contributed by atoms with Gasteiger partial charge < -0.3 is 20.1 Å². The Bertz CT molecular complexity index is 653.